The van der Waals surface area contributed by atoms with Gasteiger partial charge in [-0.25, -0.2) is 0 Å². The van der Waals surface area contributed by atoms with Crippen molar-refractivity contribution in [2.24, 2.45) is 0 Å². The number of nitrogens with one attached hydrogen (secondary N) is 1. The lowest BCUT2D eigenvalue weighted by molar-refractivity contribution is 0.0949. The molecule has 0 aliphatic rings. The van der Waals surface area contributed by atoms with E-state index in [2.05, 4.69) is 16.5 Å². The Morgan fingerprint density at radius 1 is 1.24 bits per heavy atom. The van der Waals surface area contributed by atoms with Crippen LogP contribution in [-0.4, -0.2) is 28.3 Å². The summed E-state index contributed by atoms with van der Waals surface area (Å²) >= 11 is 1.66. The maximum absolute atomic E-state index is 12.4. The highest BCUT2D eigenvalue weighted by Crippen LogP contribution is 2.22. The summed E-state index contributed by atoms with van der Waals surface area (Å²) in [6.07, 6.45) is 3.77. The Bertz CT molecular complexity index is 746. The number of carbonyl (C=O) groups excluding carboxylic acids is 1. The molecule has 3 aromatic rings. The summed E-state index contributed by atoms with van der Waals surface area (Å²) in [6.45, 7) is 4.42. The minimum absolute atomic E-state index is 0.0116. The van der Waals surface area contributed by atoms with Gasteiger partial charge in [0.2, 0.25) is 0 Å². The van der Waals surface area contributed by atoms with Gasteiger partial charge in [-0.3, -0.25) is 9.48 Å². The zero-order chi connectivity index (χ0) is 17.6. The Kier molecular flexibility index (Phi) is 5.50. The fourth-order valence-electron chi connectivity index (χ4n) is 2.52. The zero-order valence-electron chi connectivity index (χ0n) is 14.3. The number of hydrogen-bond acceptors (Lipinski definition) is 4. The predicted octanol–water partition coefficient (Wildman–Crippen LogP) is 3.75. The van der Waals surface area contributed by atoms with Gasteiger partial charge in [0.1, 0.15) is 11.8 Å². The molecule has 5 nitrogen and oxygen atoms in total. The van der Waals surface area contributed by atoms with Crippen molar-refractivity contribution in [3.8, 4) is 5.75 Å². The lowest BCUT2D eigenvalue weighted by Gasteiger charge is -2.17. The van der Waals surface area contributed by atoms with Crippen LogP contribution in [0.25, 0.3) is 0 Å². The first-order chi connectivity index (χ1) is 12.1. The number of ether oxygens (including phenoxy) is 1. The van der Waals surface area contributed by atoms with Crippen LogP contribution >= 0.6 is 11.3 Å². The van der Waals surface area contributed by atoms with E-state index >= 15 is 0 Å². The summed E-state index contributed by atoms with van der Waals surface area (Å²) in [5, 5.41) is 9.35. The number of thiophene rings is 1. The van der Waals surface area contributed by atoms with E-state index in [0.29, 0.717) is 12.1 Å². The molecule has 0 saturated heterocycles. The predicted molar refractivity (Wildman–Crippen MR) is 99.2 cm³/mol. The average molecular weight is 355 g/mol. The third kappa shape index (κ3) is 4.48. The highest BCUT2D eigenvalue weighted by Gasteiger charge is 2.17. The van der Waals surface area contributed by atoms with Crippen molar-refractivity contribution in [2.75, 3.05) is 6.54 Å². The molecule has 2 heterocycles. The van der Waals surface area contributed by atoms with Crippen molar-refractivity contribution in [1.82, 2.24) is 15.1 Å². The van der Waals surface area contributed by atoms with Crippen LogP contribution in [0.15, 0.2) is 60.2 Å². The van der Waals surface area contributed by atoms with Crippen molar-refractivity contribution in [3.63, 3.8) is 0 Å². The summed E-state index contributed by atoms with van der Waals surface area (Å²) in [7, 11) is 0. The standard InChI is InChI=1S/C19H21N3O2S/c1-14(2)24-16-8-6-15(7-9-16)19(23)20-13-17(18-5-3-12-25-18)22-11-4-10-21-22/h3-12,14,17H,13H2,1-2H3,(H,20,23). The maximum Gasteiger partial charge on any atom is 0.251 e. The van der Waals surface area contributed by atoms with Gasteiger partial charge < -0.3 is 10.1 Å². The number of aromatic nitrogens is 2. The number of carbonyl (C=O) groups is 1. The van der Waals surface area contributed by atoms with E-state index in [1.165, 1.54) is 0 Å². The summed E-state index contributed by atoms with van der Waals surface area (Å²) in [6, 6.07) is 13.1. The van der Waals surface area contributed by atoms with E-state index < -0.39 is 0 Å². The van der Waals surface area contributed by atoms with Gasteiger partial charge in [-0.15, -0.1) is 11.3 Å². The van der Waals surface area contributed by atoms with E-state index in [4.69, 9.17) is 4.74 Å². The minimum Gasteiger partial charge on any atom is -0.491 e. The monoisotopic (exact) mass is 355 g/mol. The third-order valence-corrected chi connectivity index (χ3v) is 4.63. The number of hydrogen-bond donors (Lipinski definition) is 1. The van der Waals surface area contributed by atoms with Crippen LogP contribution in [0.5, 0.6) is 5.75 Å². The van der Waals surface area contributed by atoms with Crippen molar-refractivity contribution < 1.29 is 9.53 Å². The van der Waals surface area contributed by atoms with Gasteiger partial charge in [0.25, 0.3) is 5.91 Å². The summed E-state index contributed by atoms with van der Waals surface area (Å²) in [5.74, 6) is 0.657. The molecule has 0 bridgehead atoms. The van der Waals surface area contributed by atoms with Crippen LogP contribution in [0.3, 0.4) is 0 Å². The van der Waals surface area contributed by atoms with Crippen LogP contribution < -0.4 is 10.1 Å². The Hall–Kier alpha value is -2.60. The van der Waals surface area contributed by atoms with Crippen molar-refractivity contribution in [1.29, 1.82) is 0 Å². The molecule has 6 heteroatoms. The molecule has 1 aromatic carbocycles. The molecule has 2 aromatic heterocycles. The van der Waals surface area contributed by atoms with Gasteiger partial charge in [-0.1, -0.05) is 6.07 Å². The molecule has 25 heavy (non-hydrogen) atoms. The summed E-state index contributed by atoms with van der Waals surface area (Å²) in [4.78, 5) is 13.6. The second-order valence-corrected chi connectivity index (χ2v) is 6.90. The van der Waals surface area contributed by atoms with Gasteiger partial charge in [0.05, 0.1) is 6.10 Å². The quantitative estimate of drug-likeness (QED) is 0.702. The molecular weight excluding hydrogens is 334 g/mol. The molecular formula is C19H21N3O2S. The Labute approximate surface area is 151 Å². The molecule has 130 valence electrons. The van der Waals surface area contributed by atoms with Crippen LogP contribution in [0.2, 0.25) is 0 Å². The number of benzene rings is 1. The van der Waals surface area contributed by atoms with Crippen molar-refractivity contribution in [2.45, 2.75) is 26.0 Å². The van der Waals surface area contributed by atoms with Crippen LogP contribution in [0.1, 0.15) is 35.1 Å². The fourth-order valence-corrected chi connectivity index (χ4v) is 3.34. The molecule has 1 unspecified atom stereocenters. The van der Waals surface area contributed by atoms with Gasteiger partial charge in [0, 0.05) is 29.4 Å². The second kappa shape index (κ2) is 7.98. The van der Waals surface area contributed by atoms with E-state index in [1.54, 1.807) is 29.7 Å². The molecule has 1 amide bonds. The number of rotatable bonds is 7. The summed E-state index contributed by atoms with van der Waals surface area (Å²) in [5.41, 5.74) is 0.613. The topological polar surface area (TPSA) is 56.1 Å². The van der Waals surface area contributed by atoms with Crippen LogP contribution in [-0.2, 0) is 0 Å². The lowest BCUT2D eigenvalue weighted by atomic mass is 10.2. The van der Waals surface area contributed by atoms with Crippen molar-refractivity contribution in [3.05, 3.63) is 70.7 Å². The van der Waals surface area contributed by atoms with E-state index in [1.807, 2.05) is 54.4 Å². The largest absolute Gasteiger partial charge is 0.491 e. The first-order valence-corrected chi connectivity index (χ1v) is 9.09. The highest BCUT2D eigenvalue weighted by atomic mass is 32.1. The first kappa shape index (κ1) is 17.2. The number of amides is 1. The normalized spacial score (nSPS) is 12.1. The zero-order valence-corrected chi connectivity index (χ0v) is 15.1. The minimum atomic E-state index is -0.107. The molecule has 3 rings (SSSR count). The Balaban J connectivity index is 1.65. The molecule has 0 aliphatic carbocycles. The lowest BCUT2D eigenvalue weighted by Crippen LogP contribution is -2.31. The molecule has 1 N–H and O–H groups in total. The Morgan fingerprint density at radius 3 is 2.64 bits per heavy atom. The maximum atomic E-state index is 12.4. The van der Waals surface area contributed by atoms with Gasteiger partial charge in [-0.2, -0.15) is 5.10 Å². The van der Waals surface area contributed by atoms with Gasteiger partial charge in [0.15, 0.2) is 0 Å². The number of nitrogens with zero attached hydrogens (tertiary/aromatic N) is 2. The van der Waals surface area contributed by atoms with Crippen molar-refractivity contribution >= 4 is 17.2 Å². The van der Waals surface area contributed by atoms with Gasteiger partial charge in [-0.05, 0) is 55.6 Å². The molecule has 0 saturated carbocycles. The van der Waals surface area contributed by atoms with Gasteiger partial charge >= 0.3 is 0 Å². The van der Waals surface area contributed by atoms with E-state index in [-0.39, 0.29) is 18.1 Å². The fraction of sp³-hybridized carbons (Fsp3) is 0.263. The average Bonchev–Trinajstić information content (AvgIpc) is 3.29. The SMILES string of the molecule is CC(C)Oc1ccc(C(=O)NCC(c2cccs2)n2cccn2)cc1. The summed E-state index contributed by atoms with van der Waals surface area (Å²) < 4.78 is 7.47. The molecule has 0 radical (unpaired) electrons. The third-order valence-electron chi connectivity index (χ3n) is 3.66. The Morgan fingerprint density at radius 2 is 2.04 bits per heavy atom. The smallest absolute Gasteiger partial charge is 0.251 e. The molecule has 1 atom stereocenters. The van der Waals surface area contributed by atoms with E-state index in [9.17, 15) is 4.79 Å². The van der Waals surface area contributed by atoms with Crippen LogP contribution in [0.4, 0.5) is 0 Å². The van der Waals surface area contributed by atoms with Crippen LogP contribution in [0, 0.1) is 0 Å². The molecule has 0 spiro atoms. The second-order valence-electron chi connectivity index (χ2n) is 5.92. The molecule has 0 fully saturated rings. The molecule has 0 aliphatic heterocycles. The first-order valence-electron chi connectivity index (χ1n) is 8.21. The van der Waals surface area contributed by atoms with E-state index in [0.717, 1.165) is 10.6 Å². The highest BCUT2D eigenvalue weighted by molar-refractivity contribution is 7.10.